The molecule has 4 heterocycles. The Morgan fingerprint density at radius 1 is 0.411 bits per heavy atom. The van der Waals surface area contributed by atoms with Crippen LogP contribution >= 0.6 is 0 Å². The maximum Gasteiger partial charge on any atom is 0.310 e. The average Bonchev–Trinajstić information content (AvgIpc) is 4.01. The fourth-order valence-electron chi connectivity index (χ4n) is 9.65. The van der Waals surface area contributed by atoms with E-state index in [2.05, 4.69) is 0 Å². The molecule has 14 heteroatoms. The summed E-state index contributed by atoms with van der Waals surface area (Å²) in [7, 11) is 0. The molecular weight excluding hydrogens is 728 g/mol. The van der Waals surface area contributed by atoms with Crippen LogP contribution in [0.2, 0.25) is 0 Å². The number of ether oxygens (including phenoxy) is 9. The molecule has 14 atom stereocenters. The molecule has 8 aliphatic rings. The molecule has 56 heavy (non-hydrogen) atoms. The third-order valence-corrected chi connectivity index (χ3v) is 13.5. The molecule has 0 spiro atoms. The largest absolute Gasteiger partial charge is 0.466 e. The molecule has 4 saturated heterocycles. The van der Waals surface area contributed by atoms with Crippen LogP contribution in [-0.4, -0.2) is 112 Å². The van der Waals surface area contributed by atoms with Crippen LogP contribution in [0.4, 0.5) is 0 Å². The average molecular weight is 789 g/mol. The van der Waals surface area contributed by atoms with Crippen molar-refractivity contribution in [1.82, 2.24) is 0 Å². The van der Waals surface area contributed by atoms with E-state index >= 15 is 0 Å². The molecule has 14 nitrogen and oxygen atoms in total. The fraction of sp³-hybridized carbons (Fsp3) is 0.881. The summed E-state index contributed by atoms with van der Waals surface area (Å²) in [5.74, 6) is -4.83. The Bertz CT molecular complexity index is 1420. The van der Waals surface area contributed by atoms with Crippen molar-refractivity contribution in [3.05, 3.63) is 0 Å². The molecule has 14 unspecified atom stereocenters. The summed E-state index contributed by atoms with van der Waals surface area (Å²) in [6.45, 7) is 0.999. The van der Waals surface area contributed by atoms with E-state index in [9.17, 15) is 24.0 Å². The van der Waals surface area contributed by atoms with E-state index in [0.29, 0.717) is 62.3 Å². The first kappa shape index (κ1) is 40.0. The topological polar surface area (TPSA) is 182 Å². The predicted molar refractivity (Wildman–Crippen MR) is 193 cm³/mol. The molecule has 0 radical (unpaired) electrons. The molecule has 0 N–H and O–H groups in total. The molecule has 0 aromatic rings. The van der Waals surface area contributed by atoms with Gasteiger partial charge >= 0.3 is 29.8 Å². The van der Waals surface area contributed by atoms with Gasteiger partial charge in [0.05, 0.1) is 107 Å². The van der Waals surface area contributed by atoms with Crippen molar-refractivity contribution in [3.8, 4) is 0 Å². The van der Waals surface area contributed by atoms with Crippen molar-refractivity contribution in [2.24, 2.45) is 35.5 Å². The van der Waals surface area contributed by atoms with E-state index in [4.69, 9.17) is 42.6 Å². The lowest BCUT2D eigenvalue weighted by Crippen LogP contribution is -2.38. The molecule has 4 saturated carbocycles. The molecule has 4 aliphatic carbocycles. The number of epoxide rings is 4. The first-order valence-electron chi connectivity index (χ1n) is 21.7. The van der Waals surface area contributed by atoms with Crippen molar-refractivity contribution >= 4 is 29.8 Å². The van der Waals surface area contributed by atoms with Crippen LogP contribution < -0.4 is 0 Å². The van der Waals surface area contributed by atoms with Gasteiger partial charge in [-0.1, -0.05) is 0 Å². The van der Waals surface area contributed by atoms with Crippen molar-refractivity contribution in [2.45, 2.75) is 164 Å². The van der Waals surface area contributed by atoms with Crippen LogP contribution in [-0.2, 0) is 66.6 Å². The van der Waals surface area contributed by atoms with Crippen molar-refractivity contribution in [2.75, 3.05) is 33.0 Å². The second-order valence-corrected chi connectivity index (χ2v) is 17.8. The number of hydrogen-bond donors (Lipinski definition) is 0. The van der Waals surface area contributed by atoms with E-state index in [1.54, 1.807) is 0 Å². The van der Waals surface area contributed by atoms with E-state index in [0.717, 1.165) is 77.0 Å². The van der Waals surface area contributed by atoms with Crippen molar-refractivity contribution in [3.63, 3.8) is 0 Å². The minimum absolute atomic E-state index is 0.0843. The SMILES string of the molecule is O=C(CCCCCOC(=O)CC(C(=O)OCC1CCC2OC2C1)C(CC(=O)OCC1CCC2OC2C1)C(=O)OCC1CCC2OC2C1)OCC1CCC2OC2C1. The Morgan fingerprint density at radius 3 is 1.20 bits per heavy atom. The Kier molecular flexibility index (Phi) is 13.1. The zero-order chi connectivity index (χ0) is 38.6. The highest BCUT2D eigenvalue weighted by atomic mass is 16.6. The minimum atomic E-state index is -1.30. The summed E-state index contributed by atoms with van der Waals surface area (Å²) in [6, 6.07) is 0. The number of carbonyl (C=O) groups is 5. The zero-order valence-corrected chi connectivity index (χ0v) is 32.6. The molecule has 0 aromatic carbocycles. The highest BCUT2D eigenvalue weighted by molar-refractivity contribution is 5.88. The maximum atomic E-state index is 13.9. The summed E-state index contributed by atoms with van der Waals surface area (Å²) < 4.78 is 50.8. The highest BCUT2D eigenvalue weighted by Gasteiger charge is 2.48. The van der Waals surface area contributed by atoms with Crippen LogP contribution in [0.25, 0.3) is 0 Å². The Hall–Kier alpha value is -2.81. The summed E-state index contributed by atoms with van der Waals surface area (Å²) in [5.41, 5.74) is 0. The molecule has 4 aliphatic heterocycles. The number of hydrogen-bond acceptors (Lipinski definition) is 14. The maximum absolute atomic E-state index is 13.9. The van der Waals surface area contributed by atoms with E-state index < -0.39 is 48.6 Å². The van der Waals surface area contributed by atoms with Crippen LogP contribution in [0.5, 0.6) is 0 Å². The first-order chi connectivity index (χ1) is 27.2. The number of unbranched alkanes of at least 4 members (excludes halogenated alkanes) is 2. The summed E-state index contributed by atoms with van der Waals surface area (Å²) in [6.07, 6.45) is 14.3. The van der Waals surface area contributed by atoms with Crippen molar-refractivity contribution < 1.29 is 66.6 Å². The number of carbonyl (C=O) groups excluding carboxylic acids is 5. The van der Waals surface area contributed by atoms with Crippen LogP contribution in [0.3, 0.4) is 0 Å². The second kappa shape index (κ2) is 18.4. The van der Waals surface area contributed by atoms with Gasteiger partial charge in [0, 0.05) is 6.42 Å². The summed E-state index contributed by atoms with van der Waals surface area (Å²) in [4.78, 5) is 66.8. The third kappa shape index (κ3) is 11.4. The number of rotatable bonds is 21. The number of esters is 5. The number of fused-ring (bicyclic) bond motifs is 4. The van der Waals surface area contributed by atoms with Gasteiger partial charge in [-0.15, -0.1) is 0 Å². The van der Waals surface area contributed by atoms with Crippen LogP contribution in [0, 0.1) is 35.5 Å². The normalized spacial score (nSPS) is 36.8. The monoisotopic (exact) mass is 788 g/mol. The molecular formula is C42H60O14. The van der Waals surface area contributed by atoms with Gasteiger partial charge in [-0.25, -0.2) is 0 Å². The summed E-state index contributed by atoms with van der Waals surface area (Å²) >= 11 is 0. The molecule has 8 fully saturated rings. The smallest absolute Gasteiger partial charge is 0.310 e. The van der Waals surface area contributed by atoms with E-state index in [1.807, 2.05) is 0 Å². The van der Waals surface area contributed by atoms with Gasteiger partial charge in [-0.3, -0.25) is 24.0 Å². The molecule has 312 valence electrons. The predicted octanol–water partition coefficient (Wildman–Crippen LogP) is 4.55. The van der Waals surface area contributed by atoms with E-state index in [-0.39, 0.29) is 74.9 Å². The Balaban J connectivity index is 0.834. The van der Waals surface area contributed by atoms with Gasteiger partial charge in [0.15, 0.2) is 0 Å². The van der Waals surface area contributed by atoms with Gasteiger partial charge in [-0.2, -0.15) is 0 Å². The zero-order valence-electron chi connectivity index (χ0n) is 32.6. The van der Waals surface area contributed by atoms with Crippen molar-refractivity contribution in [1.29, 1.82) is 0 Å². The quantitative estimate of drug-likeness (QED) is 0.0684. The van der Waals surface area contributed by atoms with Crippen LogP contribution in [0.15, 0.2) is 0 Å². The Morgan fingerprint density at radius 2 is 0.786 bits per heavy atom. The van der Waals surface area contributed by atoms with Gasteiger partial charge in [0.2, 0.25) is 0 Å². The molecule has 0 aromatic heterocycles. The molecule has 0 amide bonds. The summed E-state index contributed by atoms with van der Waals surface area (Å²) in [5, 5.41) is 0. The highest BCUT2D eigenvalue weighted by Crippen LogP contribution is 2.42. The van der Waals surface area contributed by atoms with Gasteiger partial charge in [0.1, 0.15) is 0 Å². The molecule has 8 rings (SSSR count). The van der Waals surface area contributed by atoms with Gasteiger partial charge in [-0.05, 0) is 120 Å². The lowest BCUT2D eigenvalue weighted by atomic mass is 9.86. The minimum Gasteiger partial charge on any atom is -0.466 e. The second-order valence-electron chi connectivity index (χ2n) is 17.8. The standard InChI is InChI=1S/C42H60O14/c43-38(49-20-24-5-9-30-34(14-24)53-30)4-2-1-3-13-48-39(44)18-28(41(46)51-22-26-7-11-32-36(16-26)55-32)29(42(47)52-23-27-8-12-33-37(17-27)56-33)19-40(45)50-21-25-6-10-31-35(15-25)54-31/h24-37H,1-23H2. The van der Waals surface area contributed by atoms with Gasteiger partial charge in [0.25, 0.3) is 0 Å². The van der Waals surface area contributed by atoms with Gasteiger partial charge < -0.3 is 42.6 Å². The Labute approximate surface area is 328 Å². The lowest BCUT2D eigenvalue weighted by molar-refractivity contribution is -0.169. The first-order valence-corrected chi connectivity index (χ1v) is 21.7. The lowest BCUT2D eigenvalue weighted by Gasteiger charge is -2.26. The molecule has 0 bridgehead atoms. The fourth-order valence-corrected chi connectivity index (χ4v) is 9.65. The van der Waals surface area contributed by atoms with E-state index in [1.165, 1.54) is 0 Å². The third-order valence-electron chi connectivity index (χ3n) is 13.5. The van der Waals surface area contributed by atoms with Crippen LogP contribution in [0.1, 0.15) is 116 Å².